The molecule has 12 heavy (non-hydrogen) atoms. The minimum absolute atomic E-state index is 0.152. The summed E-state index contributed by atoms with van der Waals surface area (Å²) in [4.78, 5) is 11.1. The second-order valence-corrected chi connectivity index (χ2v) is 3.74. The third-order valence-corrected chi connectivity index (χ3v) is 2.71. The molecule has 0 aliphatic rings. The molecule has 2 nitrogen and oxygen atoms in total. The summed E-state index contributed by atoms with van der Waals surface area (Å²) in [6.45, 7) is 6.15. The van der Waals surface area contributed by atoms with E-state index in [4.69, 9.17) is 5.73 Å². The molecule has 0 aromatic heterocycles. The Labute approximate surface area is 75.5 Å². The Hall–Kier alpha value is -0.530. The van der Waals surface area contributed by atoms with Crippen LogP contribution >= 0.6 is 0 Å². The lowest BCUT2D eigenvalue weighted by molar-refractivity contribution is -0.127. The van der Waals surface area contributed by atoms with Gasteiger partial charge in [0.2, 0.25) is 5.91 Å². The first-order chi connectivity index (χ1) is 5.56. The Bertz CT molecular complexity index is 145. The van der Waals surface area contributed by atoms with Gasteiger partial charge in [0.15, 0.2) is 0 Å². The molecule has 0 heterocycles. The van der Waals surface area contributed by atoms with Crippen LogP contribution in [0.3, 0.4) is 0 Å². The smallest absolute Gasteiger partial charge is 0.223 e. The van der Waals surface area contributed by atoms with Gasteiger partial charge in [0.25, 0.3) is 0 Å². The molecule has 72 valence electrons. The second kappa shape index (κ2) is 5.18. The zero-order valence-corrected chi connectivity index (χ0v) is 8.52. The van der Waals surface area contributed by atoms with Crippen LogP contribution in [0.1, 0.15) is 52.9 Å². The molecule has 2 heteroatoms. The lowest BCUT2D eigenvalue weighted by atomic mass is 9.81. The lowest BCUT2D eigenvalue weighted by Gasteiger charge is -2.23. The molecule has 0 aliphatic heterocycles. The molecule has 0 radical (unpaired) electrons. The SMILES string of the molecule is CCCCCC(C)(CC)C(N)=O. The van der Waals surface area contributed by atoms with Gasteiger partial charge < -0.3 is 5.73 Å². The van der Waals surface area contributed by atoms with Crippen molar-refractivity contribution in [1.29, 1.82) is 0 Å². The van der Waals surface area contributed by atoms with Crippen LogP contribution in [0.5, 0.6) is 0 Å². The molecule has 2 N–H and O–H groups in total. The molecule has 0 aromatic carbocycles. The minimum Gasteiger partial charge on any atom is -0.369 e. The van der Waals surface area contributed by atoms with Gasteiger partial charge in [-0.25, -0.2) is 0 Å². The number of amides is 1. The number of primary amides is 1. The number of hydrogen-bond acceptors (Lipinski definition) is 1. The largest absolute Gasteiger partial charge is 0.369 e. The van der Waals surface area contributed by atoms with Crippen molar-refractivity contribution in [3.63, 3.8) is 0 Å². The van der Waals surface area contributed by atoms with Crippen LogP contribution in [0, 0.1) is 5.41 Å². The Morgan fingerprint density at radius 2 is 1.92 bits per heavy atom. The van der Waals surface area contributed by atoms with Crippen LogP contribution in [0.2, 0.25) is 0 Å². The van der Waals surface area contributed by atoms with Gasteiger partial charge in [0, 0.05) is 5.41 Å². The summed E-state index contributed by atoms with van der Waals surface area (Å²) in [6, 6.07) is 0. The number of nitrogens with two attached hydrogens (primary N) is 1. The van der Waals surface area contributed by atoms with Crippen molar-refractivity contribution in [3.8, 4) is 0 Å². The van der Waals surface area contributed by atoms with Crippen molar-refractivity contribution in [3.05, 3.63) is 0 Å². The third-order valence-electron chi connectivity index (χ3n) is 2.71. The number of rotatable bonds is 6. The monoisotopic (exact) mass is 171 g/mol. The predicted octanol–water partition coefficient (Wildman–Crippen LogP) is 2.47. The summed E-state index contributed by atoms with van der Waals surface area (Å²) < 4.78 is 0. The highest BCUT2D eigenvalue weighted by Gasteiger charge is 2.27. The first-order valence-corrected chi connectivity index (χ1v) is 4.86. The van der Waals surface area contributed by atoms with Gasteiger partial charge in [-0.3, -0.25) is 4.79 Å². The quantitative estimate of drug-likeness (QED) is 0.613. The number of carbonyl (C=O) groups is 1. The van der Waals surface area contributed by atoms with Gasteiger partial charge >= 0.3 is 0 Å². The Kier molecular flexibility index (Phi) is 4.95. The van der Waals surface area contributed by atoms with Crippen LogP contribution in [0.4, 0.5) is 0 Å². The van der Waals surface area contributed by atoms with Crippen LogP contribution < -0.4 is 5.73 Å². The van der Waals surface area contributed by atoms with E-state index >= 15 is 0 Å². The van der Waals surface area contributed by atoms with E-state index in [-0.39, 0.29) is 11.3 Å². The molecular weight excluding hydrogens is 150 g/mol. The summed E-state index contributed by atoms with van der Waals surface area (Å²) in [5.74, 6) is -0.152. The van der Waals surface area contributed by atoms with E-state index in [2.05, 4.69) is 6.92 Å². The zero-order chi connectivity index (χ0) is 9.61. The van der Waals surface area contributed by atoms with Gasteiger partial charge in [-0.1, -0.05) is 40.0 Å². The average Bonchev–Trinajstić information content (AvgIpc) is 2.04. The van der Waals surface area contributed by atoms with Crippen molar-refractivity contribution in [2.75, 3.05) is 0 Å². The molecule has 0 spiro atoms. The molecule has 0 rings (SSSR count). The minimum atomic E-state index is -0.269. The summed E-state index contributed by atoms with van der Waals surface area (Å²) in [7, 11) is 0. The van der Waals surface area contributed by atoms with E-state index < -0.39 is 0 Å². The van der Waals surface area contributed by atoms with Crippen molar-refractivity contribution in [1.82, 2.24) is 0 Å². The fraction of sp³-hybridized carbons (Fsp3) is 0.900. The maximum atomic E-state index is 11.1. The zero-order valence-electron chi connectivity index (χ0n) is 8.52. The van der Waals surface area contributed by atoms with E-state index in [1.807, 2.05) is 13.8 Å². The Balaban J connectivity index is 3.88. The topological polar surface area (TPSA) is 43.1 Å². The van der Waals surface area contributed by atoms with E-state index in [1.54, 1.807) is 0 Å². The van der Waals surface area contributed by atoms with Crippen LogP contribution in [0.15, 0.2) is 0 Å². The molecule has 1 atom stereocenters. The highest BCUT2D eigenvalue weighted by molar-refractivity contribution is 5.80. The molecule has 0 aromatic rings. The highest BCUT2D eigenvalue weighted by atomic mass is 16.1. The molecule has 0 aliphatic carbocycles. The first-order valence-electron chi connectivity index (χ1n) is 4.86. The van der Waals surface area contributed by atoms with E-state index in [0.29, 0.717) is 0 Å². The normalized spacial score (nSPS) is 15.6. The second-order valence-electron chi connectivity index (χ2n) is 3.74. The fourth-order valence-electron chi connectivity index (χ4n) is 1.24. The van der Waals surface area contributed by atoms with E-state index in [1.165, 1.54) is 12.8 Å². The Morgan fingerprint density at radius 1 is 1.33 bits per heavy atom. The highest BCUT2D eigenvalue weighted by Crippen LogP contribution is 2.27. The molecule has 0 bridgehead atoms. The molecule has 0 fully saturated rings. The average molecular weight is 171 g/mol. The lowest BCUT2D eigenvalue weighted by Crippen LogP contribution is -2.33. The predicted molar refractivity (Wildman–Crippen MR) is 51.7 cm³/mol. The standard InChI is InChI=1S/C10H21NO/c1-4-6-7-8-10(3,5-2)9(11)12/h4-8H2,1-3H3,(H2,11,12). The van der Waals surface area contributed by atoms with Crippen molar-refractivity contribution in [2.45, 2.75) is 52.9 Å². The van der Waals surface area contributed by atoms with Crippen molar-refractivity contribution >= 4 is 5.91 Å². The van der Waals surface area contributed by atoms with Gasteiger partial charge in [0.05, 0.1) is 0 Å². The summed E-state index contributed by atoms with van der Waals surface area (Å²) in [6.07, 6.45) is 5.30. The summed E-state index contributed by atoms with van der Waals surface area (Å²) in [5, 5.41) is 0. The van der Waals surface area contributed by atoms with Crippen LogP contribution in [0.25, 0.3) is 0 Å². The maximum absolute atomic E-state index is 11.1. The molecule has 0 saturated heterocycles. The van der Waals surface area contributed by atoms with Gasteiger partial charge in [-0.2, -0.15) is 0 Å². The Morgan fingerprint density at radius 3 is 2.25 bits per heavy atom. The van der Waals surface area contributed by atoms with Crippen molar-refractivity contribution < 1.29 is 4.79 Å². The molecule has 1 amide bonds. The van der Waals surface area contributed by atoms with Gasteiger partial charge in [0.1, 0.15) is 0 Å². The first kappa shape index (κ1) is 11.5. The van der Waals surface area contributed by atoms with Crippen LogP contribution in [-0.2, 0) is 4.79 Å². The molecular formula is C10H21NO. The van der Waals surface area contributed by atoms with Gasteiger partial charge in [-0.15, -0.1) is 0 Å². The number of unbranched alkanes of at least 4 members (excludes halogenated alkanes) is 2. The molecule has 1 unspecified atom stereocenters. The fourth-order valence-corrected chi connectivity index (χ4v) is 1.24. The summed E-state index contributed by atoms with van der Waals surface area (Å²) >= 11 is 0. The molecule has 0 saturated carbocycles. The maximum Gasteiger partial charge on any atom is 0.223 e. The summed E-state index contributed by atoms with van der Waals surface area (Å²) in [5.41, 5.74) is 5.06. The third kappa shape index (κ3) is 3.24. The van der Waals surface area contributed by atoms with E-state index in [0.717, 1.165) is 19.3 Å². The van der Waals surface area contributed by atoms with Crippen molar-refractivity contribution in [2.24, 2.45) is 11.1 Å². The van der Waals surface area contributed by atoms with E-state index in [9.17, 15) is 4.79 Å². The number of carbonyl (C=O) groups excluding carboxylic acids is 1. The van der Waals surface area contributed by atoms with Gasteiger partial charge in [-0.05, 0) is 12.8 Å². The van der Waals surface area contributed by atoms with Crippen LogP contribution in [-0.4, -0.2) is 5.91 Å². The number of hydrogen-bond donors (Lipinski definition) is 1.